The zero-order valence-electron chi connectivity index (χ0n) is 18.8. The number of hydrogen-bond acceptors (Lipinski definition) is 5. The van der Waals surface area contributed by atoms with Crippen LogP contribution in [0.4, 0.5) is 10.1 Å². The van der Waals surface area contributed by atoms with E-state index in [4.69, 9.17) is 14.6 Å². The Morgan fingerprint density at radius 3 is 2.29 bits per heavy atom. The third-order valence-electron chi connectivity index (χ3n) is 5.89. The van der Waals surface area contributed by atoms with Crippen molar-refractivity contribution >= 4 is 17.6 Å². The van der Waals surface area contributed by atoms with Crippen molar-refractivity contribution in [2.75, 3.05) is 19.5 Å². The van der Waals surface area contributed by atoms with Crippen LogP contribution in [0, 0.1) is 5.82 Å². The highest BCUT2D eigenvalue weighted by atomic mass is 19.1. The van der Waals surface area contributed by atoms with Crippen molar-refractivity contribution in [3.8, 4) is 28.4 Å². The molecule has 0 saturated heterocycles. The van der Waals surface area contributed by atoms with E-state index in [0.717, 1.165) is 11.1 Å². The van der Waals surface area contributed by atoms with E-state index in [0.29, 0.717) is 40.6 Å². The lowest BCUT2D eigenvalue weighted by Crippen LogP contribution is -2.15. The van der Waals surface area contributed by atoms with Gasteiger partial charge < -0.3 is 19.9 Å². The van der Waals surface area contributed by atoms with E-state index in [-0.39, 0.29) is 17.1 Å². The first-order chi connectivity index (χ1) is 16.9. The van der Waals surface area contributed by atoms with Crippen LogP contribution in [0.25, 0.3) is 16.9 Å². The minimum atomic E-state index is -1.05. The number of carbonyl (C=O) groups is 2. The second-order valence-corrected chi connectivity index (χ2v) is 7.94. The van der Waals surface area contributed by atoms with Gasteiger partial charge in [0, 0.05) is 23.2 Å². The van der Waals surface area contributed by atoms with Crippen LogP contribution in [-0.2, 0) is 6.42 Å². The number of benzene rings is 3. The van der Waals surface area contributed by atoms with Crippen LogP contribution in [0.3, 0.4) is 0 Å². The Hall–Kier alpha value is -4.66. The summed E-state index contributed by atoms with van der Waals surface area (Å²) in [6.45, 7) is 0. The fraction of sp³-hybridized carbons (Fsp3) is 0.115. The molecule has 176 valence electrons. The number of fused-ring (bicyclic) bond motifs is 3. The molecule has 0 bridgehead atoms. The molecule has 0 fully saturated rings. The van der Waals surface area contributed by atoms with Gasteiger partial charge in [-0.3, -0.25) is 4.79 Å². The van der Waals surface area contributed by atoms with E-state index in [9.17, 15) is 14.0 Å². The average molecular weight is 473 g/mol. The zero-order chi connectivity index (χ0) is 24.7. The molecule has 1 heterocycles. The molecule has 3 aromatic carbocycles. The van der Waals surface area contributed by atoms with Crippen molar-refractivity contribution in [1.82, 2.24) is 9.78 Å². The topological polar surface area (TPSA) is 103 Å². The first-order valence-electron chi connectivity index (χ1n) is 10.7. The molecule has 1 aliphatic carbocycles. The van der Waals surface area contributed by atoms with Crippen LogP contribution in [0.1, 0.15) is 32.0 Å². The second kappa shape index (κ2) is 8.60. The Morgan fingerprint density at radius 2 is 1.66 bits per heavy atom. The highest BCUT2D eigenvalue weighted by Crippen LogP contribution is 2.44. The minimum Gasteiger partial charge on any atom is -0.493 e. The monoisotopic (exact) mass is 473 g/mol. The molecule has 0 saturated carbocycles. The van der Waals surface area contributed by atoms with Gasteiger partial charge in [-0.1, -0.05) is 0 Å². The number of aromatic carboxylic acids is 1. The number of aromatic nitrogens is 2. The molecule has 0 aliphatic heterocycles. The molecule has 0 unspecified atom stereocenters. The molecule has 35 heavy (non-hydrogen) atoms. The number of methoxy groups -OCH3 is 2. The SMILES string of the molecule is COc1cc2c(cc1OC)-c1c(c(C(=O)Nc3ccc(C(=O)O)cc3)nn1-c1ccc(F)cc1)C2. The highest BCUT2D eigenvalue weighted by Gasteiger charge is 2.32. The van der Waals surface area contributed by atoms with Crippen LogP contribution < -0.4 is 14.8 Å². The van der Waals surface area contributed by atoms with Gasteiger partial charge in [0.25, 0.3) is 5.91 Å². The van der Waals surface area contributed by atoms with Crippen molar-refractivity contribution in [2.24, 2.45) is 0 Å². The Balaban J connectivity index is 1.60. The van der Waals surface area contributed by atoms with Gasteiger partial charge in [-0.05, 0) is 66.2 Å². The Morgan fingerprint density at radius 1 is 1.00 bits per heavy atom. The van der Waals surface area contributed by atoms with Gasteiger partial charge in [0.1, 0.15) is 5.82 Å². The molecule has 0 spiro atoms. The van der Waals surface area contributed by atoms with Crippen LogP contribution in [0.5, 0.6) is 11.5 Å². The highest BCUT2D eigenvalue weighted by molar-refractivity contribution is 6.06. The second-order valence-electron chi connectivity index (χ2n) is 7.94. The Bertz CT molecular complexity index is 1460. The molecular weight excluding hydrogens is 453 g/mol. The van der Waals surface area contributed by atoms with Crippen molar-refractivity contribution in [3.05, 3.63) is 88.9 Å². The lowest BCUT2D eigenvalue weighted by Gasteiger charge is -2.12. The molecule has 2 N–H and O–H groups in total. The summed E-state index contributed by atoms with van der Waals surface area (Å²) in [4.78, 5) is 24.4. The third kappa shape index (κ3) is 3.86. The van der Waals surface area contributed by atoms with Crippen molar-refractivity contribution in [2.45, 2.75) is 6.42 Å². The molecule has 1 aromatic heterocycles. The quantitative estimate of drug-likeness (QED) is 0.375. The fourth-order valence-corrected chi connectivity index (χ4v) is 4.21. The molecular formula is C26H20FN3O5. The number of ether oxygens (including phenoxy) is 2. The summed E-state index contributed by atoms with van der Waals surface area (Å²) in [5.74, 6) is -0.774. The van der Waals surface area contributed by atoms with Crippen LogP contribution >= 0.6 is 0 Å². The maximum atomic E-state index is 13.6. The molecule has 9 heteroatoms. The summed E-state index contributed by atoms with van der Waals surface area (Å²) in [7, 11) is 3.10. The van der Waals surface area contributed by atoms with Gasteiger partial charge in [0.15, 0.2) is 17.2 Å². The predicted molar refractivity (Wildman–Crippen MR) is 126 cm³/mol. The summed E-state index contributed by atoms with van der Waals surface area (Å²) in [5, 5.41) is 16.5. The predicted octanol–water partition coefficient (Wildman–Crippen LogP) is 4.55. The number of hydrogen-bond donors (Lipinski definition) is 2. The van der Waals surface area contributed by atoms with E-state index in [2.05, 4.69) is 10.4 Å². The summed E-state index contributed by atoms with van der Waals surface area (Å²) in [6.07, 6.45) is 0.437. The number of rotatable bonds is 6. The summed E-state index contributed by atoms with van der Waals surface area (Å²) >= 11 is 0. The summed E-state index contributed by atoms with van der Waals surface area (Å²) in [6, 6.07) is 15.4. The first kappa shape index (κ1) is 22.1. The molecule has 1 aliphatic rings. The van der Waals surface area contributed by atoms with Crippen molar-refractivity contribution < 1.29 is 28.6 Å². The maximum Gasteiger partial charge on any atom is 0.335 e. The fourth-order valence-electron chi connectivity index (χ4n) is 4.21. The number of carbonyl (C=O) groups excluding carboxylic acids is 1. The van der Waals surface area contributed by atoms with Crippen LogP contribution in [-0.4, -0.2) is 41.0 Å². The van der Waals surface area contributed by atoms with E-state index >= 15 is 0 Å². The summed E-state index contributed by atoms with van der Waals surface area (Å²) < 4.78 is 26.1. The van der Waals surface area contributed by atoms with Gasteiger partial charge in [-0.15, -0.1) is 0 Å². The summed E-state index contributed by atoms with van der Waals surface area (Å²) in [5.41, 5.74) is 4.53. The smallest absolute Gasteiger partial charge is 0.335 e. The van der Waals surface area contributed by atoms with Crippen molar-refractivity contribution in [1.29, 1.82) is 0 Å². The standard InChI is InChI=1S/C26H20FN3O5/c1-34-21-12-15-11-20-23(25(31)28-17-7-3-14(4-8-17)26(32)33)29-30(18-9-5-16(27)6-10-18)24(20)19(15)13-22(21)35-2/h3-10,12-13H,11H2,1-2H3,(H,28,31)(H,32,33). The lowest BCUT2D eigenvalue weighted by atomic mass is 10.1. The van der Waals surface area contributed by atoms with Crippen LogP contribution in [0.2, 0.25) is 0 Å². The number of carboxylic acid groups (broad SMARTS) is 1. The van der Waals surface area contributed by atoms with E-state index in [1.54, 1.807) is 31.0 Å². The van der Waals surface area contributed by atoms with E-state index < -0.39 is 11.9 Å². The molecule has 5 rings (SSSR count). The van der Waals surface area contributed by atoms with E-state index in [1.165, 1.54) is 36.4 Å². The molecule has 0 radical (unpaired) electrons. The Kier molecular flexibility index (Phi) is 5.44. The lowest BCUT2D eigenvalue weighted by molar-refractivity contribution is 0.0696. The number of nitrogens with zero attached hydrogens (tertiary/aromatic N) is 2. The van der Waals surface area contributed by atoms with Gasteiger partial charge in [0.05, 0.1) is 31.2 Å². The van der Waals surface area contributed by atoms with Gasteiger partial charge in [-0.25, -0.2) is 13.9 Å². The zero-order valence-corrected chi connectivity index (χ0v) is 18.8. The number of amides is 1. The minimum absolute atomic E-state index is 0.114. The number of carboxylic acids is 1. The largest absolute Gasteiger partial charge is 0.493 e. The van der Waals surface area contributed by atoms with E-state index in [1.807, 2.05) is 12.1 Å². The first-order valence-corrected chi connectivity index (χ1v) is 10.7. The van der Waals surface area contributed by atoms with Gasteiger partial charge >= 0.3 is 5.97 Å². The third-order valence-corrected chi connectivity index (χ3v) is 5.89. The molecule has 1 amide bonds. The number of anilines is 1. The number of nitrogens with one attached hydrogen (secondary N) is 1. The molecule has 8 nitrogen and oxygen atoms in total. The maximum absolute atomic E-state index is 13.6. The van der Waals surface area contributed by atoms with Crippen molar-refractivity contribution in [3.63, 3.8) is 0 Å². The molecule has 0 atom stereocenters. The van der Waals surface area contributed by atoms with Gasteiger partial charge in [-0.2, -0.15) is 5.10 Å². The van der Waals surface area contributed by atoms with Crippen LogP contribution in [0.15, 0.2) is 60.7 Å². The number of halogens is 1. The van der Waals surface area contributed by atoms with Gasteiger partial charge in [0.2, 0.25) is 0 Å². The average Bonchev–Trinajstić information content (AvgIpc) is 3.41. The normalized spacial score (nSPS) is 11.5. The molecule has 4 aromatic rings. The Labute approximate surface area is 199 Å².